The summed E-state index contributed by atoms with van der Waals surface area (Å²) in [6, 6.07) is 10.8. The smallest absolute Gasteiger partial charge is 0.218 e. The van der Waals surface area contributed by atoms with Gasteiger partial charge in [0.05, 0.1) is 7.11 Å². The molecule has 2 heterocycles. The average molecular weight is 377 g/mol. The minimum Gasteiger partial charge on any atom is -0.481 e. The standard InChI is InChI=1S/C17H21BrN4O/c1-23-17-10-16(19-12-20-17)21-15-7-9-22(11-15)8-6-13-2-4-14(18)5-3-13/h2-5,10,12,15H,6-9,11H2,1H3,(H,19,20,21). The molecule has 0 saturated carbocycles. The number of nitrogens with one attached hydrogen (secondary N) is 1. The van der Waals surface area contributed by atoms with E-state index in [2.05, 4.69) is 60.4 Å². The van der Waals surface area contributed by atoms with Gasteiger partial charge in [-0.25, -0.2) is 9.97 Å². The molecule has 1 unspecified atom stereocenters. The fraction of sp³-hybridized carbons (Fsp3) is 0.412. The van der Waals surface area contributed by atoms with Crippen molar-refractivity contribution in [2.75, 3.05) is 32.1 Å². The quantitative estimate of drug-likeness (QED) is 0.839. The molecule has 1 aromatic carbocycles. The molecule has 0 bridgehead atoms. The third-order valence-electron chi connectivity index (χ3n) is 4.11. The van der Waals surface area contributed by atoms with Crippen molar-refractivity contribution in [3.8, 4) is 5.88 Å². The predicted molar refractivity (Wildman–Crippen MR) is 94.9 cm³/mol. The zero-order valence-electron chi connectivity index (χ0n) is 13.2. The molecule has 2 aromatic rings. The van der Waals surface area contributed by atoms with Crippen LogP contribution in [0.3, 0.4) is 0 Å². The first-order valence-electron chi connectivity index (χ1n) is 7.82. The van der Waals surface area contributed by atoms with E-state index in [1.165, 1.54) is 11.9 Å². The molecular formula is C17H21BrN4O. The first-order chi connectivity index (χ1) is 11.2. The van der Waals surface area contributed by atoms with E-state index in [0.717, 1.165) is 42.8 Å². The van der Waals surface area contributed by atoms with Crippen molar-refractivity contribution in [2.45, 2.75) is 18.9 Å². The lowest BCUT2D eigenvalue weighted by molar-refractivity contribution is 0.340. The topological polar surface area (TPSA) is 50.3 Å². The molecule has 1 N–H and O–H groups in total. The van der Waals surface area contributed by atoms with Gasteiger partial charge in [0, 0.05) is 36.2 Å². The van der Waals surface area contributed by atoms with E-state index in [4.69, 9.17) is 4.74 Å². The molecular weight excluding hydrogens is 356 g/mol. The molecule has 5 nitrogen and oxygen atoms in total. The summed E-state index contributed by atoms with van der Waals surface area (Å²) in [5.41, 5.74) is 1.38. The highest BCUT2D eigenvalue weighted by atomic mass is 79.9. The van der Waals surface area contributed by atoms with Crippen LogP contribution in [-0.2, 0) is 6.42 Å². The van der Waals surface area contributed by atoms with E-state index in [-0.39, 0.29) is 0 Å². The maximum atomic E-state index is 5.13. The lowest BCUT2D eigenvalue weighted by Crippen LogP contribution is -2.28. The Morgan fingerprint density at radius 2 is 2.13 bits per heavy atom. The molecule has 1 aliphatic heterocycles. The molecule has 0 spiro atoms. The highest BCUT2D eigenvalue weighted by Gasteiger charge is 2.22. The number of rotatable bonds is 6. The van der Waals surface area contributed by atoms with E-state index in [1.54, 1.807) is 7.11 Å². The summed E-state index contributed by atoms with van der Waals surface area (Å²) in [5, 5.41) is 3.47. The molecule has 23 heavy (non-hydrogen) atoms. The van der Waals surface area contributed by atoms with Gasteiger partial charge in [-0.15, -0.1) is 0 Å². The van der Waals surface area contributed by atoms with Crippen LogP contribution in [-0.4, -0.2) is 47.7 Å². The van der Waals surface area contributed by atoms with Crippen LogP contribution in [0.5, 0.6) is 5.88 Å². The van der Waals surface area contributed by atoms with Gasteiger partial charge in [0.1, 0.15) is 12.1 Å². The first-order valence-corrected chi connectivity index (χ1v) is 8.61. The third-order valence-corrected chi connectivity index (χ3v) is 4.63. The van der Waals surface area contributed by atoms with Crippen LogP contribution in [0.15, 0.2) is 41.1 Å². The molecule has 1 atom stereocenters. The second-order valence-electron chi connectivity index (χ2n) is 5.75. The molecule has 1 aromatic heterocycles. The van der Waals surface area contributed by atoms with Gasteiger partial charge in [0.15, 0.2) is 0 Å². The largest absolute Gasteiger partial charge is 0.481 e. The van der Waals surface area contributed by atoms with Crippen LogP contribution in [0.2, 0.25) is 0 Å². The number of halogens is 1. The molecule has 0 radical (unpaired) electrons. The summed E-state index contributed by atoms with van der Waals surface area (Å²) in [6.45, 7) is 3.26. The highest BCUT2D eigenvalue weighted by molar-refractivity contribution is 9.10. The van der Waals surface area contributed by atoms with Gasteiger partial charge in [-0.2, -0.15) is 0 Å². The highest BCUT2D eigenvalue weighted by Crippen LogP contribution is 2.17. The van der Waals surface area contributed by atoms with Crippen LogP contribution < -0.4 is 10.1 Å². The van der Waals surface area contributed by atoms with Crippen molar-refractivity contribution in [3.05, 3.63) is 46.7 Å². The second-order valence-corrected chi connectivity index (χ2v) is 6.67. The van der Waals surface area contributed by atoms with Gasteiger partial charge in [-0.1, -0.05) is 28.1 Å². The van der Waals surface area contributed by atoms with Crippen molar-refractivity contribution < 1.29 is 4.74 Å². The van der Waals surface area contributed by atoms with Crippen molar-refractivity contribution in [3.63, 3.8) is 0 Å². The fourth-order valence-electron chi connectivity index (χ4n) is 2.83. The van der Waals surface area contributed by atoms with E-state index in [9.17, 15) is 0 Å². The molecule has 122 valence electrons. The Bertz CT molecular complexity index is 635. The average Bonchev–Trinajstić information content (AvgIpc) is 3.02. The Balaban J connectivity index is 1.47. The number of nitrogens with zero attached hydrogens (tertiary/aromatic N) is 3. The number of likely N-dealkylation sites (tertiary alicyclic amines) is 1. The summed E-state index contributed by atoms with van der Waals surface area (Å²) in [6.07, 6.45) is 3.75. The minimum atomic E-state index is 0.430. The minimum absolute atomic E-state index is 0.430. The Hall–Kier alpha value is -1.66. The Labute approximate surface area is 145 Å². The number of hydrogen-bond acceptors (Lipinski definition) is 5. The van der Waals surface area contributed by atoms with Gasteiger partial charge in [-0.3, -0.25) is 0 Å². The number of hydrogen-bond donors (Lipinski definition) is 1. The fourth-order valence-corrected chi connectivity index (χ4v) is 3.10. The van der Waals surface area contributed by atoms with Crippen molar-refractivity contribution in [2.24, 2.45) is 0 Å². The second kappa shape index (κ2) is 7.75. The number of aromatic nitrogens is 2. The van der Waals surface area contributed by atoms with Gasteiger partial charge in [-0.05, 0) is 30.5 Å². The summed E-state index contributed by atoms with van der Waals surface area (Å²) < 4.78 is 6.26. The Morgan fingerprint density at radius 1 is 1.30 bits per heavy atom. The maximum absolute atomic E-state index is 5.13. The van der Waals surface area contributed by atoms with Crippen LogP contribution in [0.1, 0.15) is 12.0 Å². The lowest BCUT2D eigenvalue weighted by Gasteiger charge is -2.17. The van der Waals surface area contributed by atoms with E-state index >= 15 is 0 Å². The van der Waals surface area contributed by atoms with Crippen molar-refractivity contribution in [1.29, 1.82) is 0 Å². The van der Waals surface area contributed by atoms with Crippen LogP contribution in [0.25, 0.3) is 0 Å². The third kappa shape index (κ3) is 4.65. The van der Waals surface area contributed by atoms with E-state index in [0.29, 0.717) is 11.9 Å². The number of anilines is 1. The summed E-state index contributed by atoms with van der Waals surface area (Å²) in [4.78, 5) is 10.8. The van der Waals surface area contributed by atoms with Crippen molar-refractivity contribution in [1.82, 2.24) is 14.9 Å². The van der Waals surface area contributed by atoms with Crippen LogP contribution in [0, 0.1) is 0 Å². The zero-order valence-corrected chi connectivity index (χ0v) is 14.8. The zero-order chi connectivity index (χ0) is 16.1. The Kier molecular flexibility index (Phi) is 5.46. The van der Waals surface area contributed by atoms with E-state index < -0.39 is 0 Å². The Morgan fingerprint density at radius 3 is 2.91 bits per heavy atom. The summed E-state index contributed by atoms with van der Waals surface area (Å²) in [5.74, 6) is 1.42. The number of ether oxygens (including phenoxy) is 1. The maximum Gasteiger partial charge on any atom is 0.218 e. The predicted octanol–water partition coefficient (Wildman–Crippen LogP) is 2.98. The molecule has 1 fully saturated rings. The molecule has 0 amide bonds. The monoisotopic (exact) mass is 376 g/mol. The van der Waals surface area contributed by atoms with E-state index in [1.807, 2.05) is 6.07 Å². The van der Waals surface area contributed by atoms with Gasteiger partial charge in [0.25, 0.3) is 0 Å². The number of benzene rings is 1. The van der Waals surface area contributed by atoms with Crippen LogP contribution >= 0.6 is 15.9 Å². The summed E-state index contributed by atoms with van der Waals surface area (Å²) in [7, 11) is 1.62. The van der Waals surface area contributed by atoms with Crippen LogP contribution in [0.4, 0.5) is 5.82 Å². The summed E-state index contributed by atoms with van der Waals surface area (Å²) >= 11 is 3.47. The van der Waals surface area contributed by atoms with Gasteiger partial charge < -0.3 is 15.0 Å². The molecule has 0 aliphatic carbocycles. The first kappa shape index (κ1) is 16.2. The normalized spacial score (nSPS) is 18.1. The molecule has 1 aliphatic rings. The molecule has 1 saturated heterocycles. The van der Waals surface area contributed by atoms with Gasteiger partial charge >= 0.3 is 0 Å². The lowest BCUT2D eigenvalue weighted by atomic mass is 10.1. The molecule has 6 heteroatoms. The molecule has 3 rings (SSSR count). The van der Waals surface area contributed by atoms with Crippen molar-refractivity contribution >= 4 is 21.7 Å². The number of methoxy groups -OCH3 is 1. The SMILES string of the molecule is COc1cc(NC2CCN(CCc3ccc(Br)cc3)C2)ncn1. The van der Waals surface area contributed by atoms with Gasteiger partial charge in [0.2, 0.25) is 5.88 Å².